The van der Waals surface area contributed by atoms with Gasteiger partial charge in [-0.15, -0.1) is 0 Å². The summed E-state index contributed by atoms with van der Waals surface area (Å²) in [5, 5.41) is 13.1. The first kappa shape index (κ1) is 7.84. The highest BCUT2D eigenvalue weighted by Crippen LogP contribution is 2.06. The van der Waals surface area contributed by atoms with Crippen LogP contribution in [0.5, 0.6) is 0 Å². The van der Waals surface area contributed by atoms with Gasteiger partial charge in [0.15, 0.2) is 0 Å². The molecule has 11 heavy (non-hydrogen) atoms. The molecule has 1 atom stereocenters. The van der Waals surface area contributed by atoms with Crippen molar-refractivity contribution >= 4 is 12.0 Å². The minimum Gasteiger partial charge on any atom is -0.465 e. The highest BCUT2D eigenvalue weighted by Gasteiger charge is 2.21. The fourth-order valence-corrected chi connectivity index (χ4v) is 1.04. The standard InChI is InChI=1S/C6H10N2O3/c9-5-1-4(2-7-5)3-8-6(10)11/h4,8H,1-3H2,(H,7,9)(H,10,11)/t4-/m1/s1. The Morgan fingerprint density at radius 2 is 2.55 bits per heavy atom. The van der Waals surface area contributed by atoms with Gasteiger partial charge in [-0.05, 0) is 0 Å². The second-order valence-corrected chi connectivity index (χ2v) is 2.56. The first-order valence-corrected chi connectivity index (χ1v) is 3.42. The molecule has 0 bridgehead atoms. The molecule has 5 heteroatoms. The van der Waals surface area contributed by atoms with Gasteiger partial charge < -0.3 is 15.7 Å². The number of hydrogen-bond acceptors (Lipinski definition) is 2. The summed E-state index contributed by atoms with van der Waals surface area (Å²) in [5.74, 6) is 0.126. The van der Waals surface area contributed by atoms with Crippen molar-refractivity contribution in [3.63, 3.8) is 0 Å². The van der Waals surface area contributed by atoms with Crippen molar-refractivity contribution < 1.29 is 14.7 Å². The van der Waals surface area contributed by atoms with Crippen molar-refractivity contribution in [3.8, 4) is 0 Å². The quantitative estimate of drug-likeness (QED) is 0.501. The van der Waals surface area contributed by atoms with E-state index in [1.807, 2.05) is 0 Å². The van der Waals surface area contributed by atoms with Crippen molar-refractivity contribution in [1.82, 2.24) is 10.6 Å². The molecule has 3 N–H and O–H groups in total. The summed E-state index contributed by atoms with van der Waals surface area (Å²) in [6.07, 6.45) is -0.607. The Labute approximate surface area is 63.8 Å². The maximum absolute atomic E-state index is 10.6. The molecule has 2 amide bonds. The summed E-state index contributed by atoms with van der Waals surface area (Å²) in [6, 6.07) is 0. The van der Waals surface area contributed by atoms with E-state index >= 15 is 0 Å². The summed E-state index contributed by atoms with van der Waals surface area (Å²) in [6.45, 7) is 0.938. The predicted molar refractivity (Wildman–Crippen MR) is 37.1 cm³/mol. The third kappa shape index (κ3) is 2.45. The Hall–Kier alpha value is -1.26. The van der Waals surface area contributed by atoms with E-state index in [-0.39, 0.29) is 11.8 Å². The first-order valence-electron chi connectivity index (χ1n) is 3.42. The number of nitrogens with one attached hydrogen (secondary N) is 2. The van der Waals surface area contributed by atoms with E-state index < -0.39 is 6.09 Å². The van der Waals surface area contributed by atoms with E-state index in [1.165, 1.54) is 0 Å². The Balaban J connectivity index is 2.18. The molecule has 1 fully saturated rings. The third-order valence-corrected chi connectivity index (χ3v) is 1.60. The lowest BCUT2D eigenvalue weighted by molar-refractivity contribution is -0.119. The van der Waals surface area contributed by atoms with Crippen LogP contribution in [-0.4, -0.2) is 30.2 Å². The van der Waals surface area contributed by atoms with Crippen molar-refractivity contribution in [2.45, 2.75) is 6.42 Å². The van der Waals surface area contributed by atoms with Crippen molar-refractivity contribution in [2.24, 2.45) is 5.92 Å². The fourth-order valence-electron chi connectivity index (χ4n) is 1.04. The average molecular weight is 158 g/mol. The maximum Gasteiger partial charge on any atom is 0.404 e. The van der Waals surface area contributed by atoms with Crippen LogP contribution in [0.2, 0.25) is 0 Å². The van der Waals surface area contributed by atoms with E-state index in [2.05, 4.69) is 10.6 Å². The van der Waals surface area contributed by atoms with Crippen molar-refractivity contribution in [2.75, 3.05) is 13.1 Å². The summed E-state index contributed by atoms with van der Waals surface area (Å²) in [7, 11) is 0. The topological polar surface area (TPSA) is 78.4 Å². The van der Waals surface area contributed by atoms with E-state index in [9.17, 15) is 9.59 Å². The molecule has 1 aliphatic rings. The van der Waals surface area contributed by atoms with Crippen LogP contribution in [0, 0.1) is 5.92 Å². The second-order valence-electron chi connectivity index (χ2n) is 2.56. The second kappa shape index (κ2) is 3.23. The molecule has 5 nitrogen and oxygen atoms in total. The van der Waals surface area contributed by atoms with Gasteiger partial charge in [-0.3, -0.25) is 4.79 Å². The van der Waals surface area contributed by atoms with Gasteiger partial charge in [-0.2, -0.15) is 0 Å². The Morgan fingerprint density at radius 1 is 1.82 bits per heavy atom. The van der Waals surface area contributed by atoms with Gasteiger partial charge in [0.25, 0.3) is 0 Å². The van der Waals surface area contributed by atoms with Crippen molar-refractivity contribution in [1.29, 1.82) is 0 Å². The number of carbonyl (C=O) groups excluding carboxylic acids is 1. The van der Waals surface area contributed by atoms with Crippen LogP contribution >= 0.6 is 0 Å². The Morgan fingerprint density at radius 3 is 3.00 bits per heavy atom. The molecule has 0 aromatic heterocycles. The minimum absolute atomic E-state index is 0.00203. The van der Waals surface area contributed by atoms with Gasteiger partial charge in [0.05, 0.1) is 0 Å². The molecular weight excluding hydrogens is 148 g/mol. The Bertz CT molecular complexity index is 181. The van der Waals surface area contributed by atoms with Crippen LogP contribution in [0.1, 0.15) is 6.42 Å². The predicted octanol–water partition coefficient (Wildman–Crippen LogP) is -0.610. The van der Waals surface area contributed by atoms with Gasteiger partial charge in [0.2, 0.25) is 5.91 Å². The number of hydrogen-bond donors (Lipinski definition) is 3. The zero-order valence-corrected chi connectivity index (χ0v) is 5.96. The van der Waals surface area contributed by atoms with Crippen molar-refractivity contribution in [3.05, 3.63) is 0 Å². The third-order valence-electron chi connectivity index (χ3n) is 1.60. The lowest BCUT2D eigenvalue weighted by atomic mass is 10.1. The highest BCUT2D eigenvalue weighted by atomic mass is 16.4. The van der Waals surface area contributed by atoms with Crippen LogP contribution < -0.4 is 10.6 Å². The smallest absolute Gasteiger partial charge is 0.404 e. The monoisotopic (exact) mass is 158 g/mol. The molecule has 1 saturated heterocycles. The first-order chi connectivity index (χ1) is 5.18. The number of rotatable bonds is 2. The lowest BCUT2D eigenvalue weighted by Gasteiger charge is -2.04. The molecule has 0 aliphatic carbocycles. The van der Waals surface area contributed by atoms with E-state index in [1.54, 1.807) is 0 Å². The summed E-state index contributed by atoms with van der Waals surface area (Å²) in [5.41, 5.74) is 0. The van der Waals surface area contributed by atoms with Crippen LogP contribution in [0.15, 0.2) is 0 Å². The van der Waals surface area contributed by atoms with Gasteiger partial charge >= 0.3 is 6.09 Å². The number of carboxylic acid groups (broad SMARTS) is 1. The van der Waals surface area contributed by atoms with E-state index in [4.69, 9.17) is 5.11 Å². The average Bonchev–Trinajstić information content (AvgIpc) is 2.31. The normalized spacial score (nSPS) is 22.9. The zero-order valence-electron chi connectivity index (χ0n) is 5.96. The van der Waals surface area contributed by atoms with Crippen LogP contribution in [0.25, 0.3) is 0 Å². The molecule has 0 aromatic rings. The van der Waals surface area contributed by atoms with Crippen LogP contribution in [-0.2, 0) is 4.79 Å². The van der Waals surface area contributed by atoms with Gasteiger partial charge in [-0.25, -0.2) is 4.79 Å². The largest absolute Gasteiger partial charge is 0.465 e. The highest BCUT2D eigenvalue weighted by molar-refractivity contribution is 5.78. The molecule has 1 aliphatic heterocycles. The molecule has 62 valence electrons. The van der Waals surface area contributed by atoms with E-state index in [0.29, 0.717) is 19.5 Å². The number of carbonyl (C=O) groups is 2. The SMILES string of the molecule is O=C(O)NC[C@H]1CNC(=O)C1. The molecular formula is C6H10N2O3. The molecule has 0 saturated carbocycles. The molecule has 0 aromatic carbocycles. The van der Waals surface area contributed by atoms with Crippen LogP contribution in [0.3, 0.4) is 0 Å². The lowest BCUT2D eigenvalue weighted by Crippen LogP contribution is -2.28. The molecule has 1 rings (SSSR count). The maximum atomic E-state index is 10.6. The zero-order chi connectivity index (χ0) is 8.27. The van der Waals surface area contributed by atoms with Gasteiger partial charge in [0, 0.05) is 25.4 Å². The van der Waals surface area contributed by atoms with E-state index in [0.717, 1.165) is 0 Å². The van der Waals surface area contributed by atoms with Gasteiger partial charge in [-0.1, -0.05) is 0 Å². The molecule has 0 spiro atoms. The number of amides is 2. The fraction of sp³-hybridized carbons (Fsp3) is 0.667. The minimum atomic E-state index is -1.04. The summed E-state index contributed by atoms with van der Waals surface area (Å²) < 4.78 is 0. The Kier molecular flexibility index (Phi) is 2.30. The molecule has 0 unspecified atom stereocenters. The molecule has 0 radical (unpaired) electrons. The summed E-state index contributed by atoms with van der Waals surface area (Å²) >= 11 is 0. The van der Waals surface area contributed by atoms with Crippen LogP contribution in [0.4, 0.5) is 4.79 Å². The van der Waals surface area contributed by atoms with Gasteiger partial charge in [0.1, 0.15) is 0 Å². The molecule has 1 heterocycles. The summed E-state index contributed by atoms with van der Waals surface area (Å²) in [4.78, 5) is 20.6.